The molecule has 0 N–H and O–H groups in total. The molecule has 2 bridgehead atoms. The number of carbonyl (C=O) groups is 1. The lowest BCUT2D eigenvalue weighted by atomic mass is 9.75. The number of ether oxygens (including phenoxy) is 2. The first-order valence-electron chi connectivity index (χ1n) is 9.90. The Morgan fingerprint density at radius 2 is 1.86 bits per heavy atom. The van der Waals surface area contributed by atoms with Crippen LogP contribution >= 0.6 is 0 Å². The monoisotopic (exact) mass is 396 g/mol. The largest absolute Gasteiger partial charge is 0.454 e. The molecule has 0 saturated carbocycles. The second-order valence-corrected chi connectivity index (χ2v) is 8.24. The lowest BCUT2D eigenvalue weighted by Gasteiger charge is -2.51. The smallest absolute Gasteiger partial charge is 0.389 e. The molecule has 6 rings (SSSR count). The highest BCUT2D eigenvalue weighted by Gasteiger charge is 2.54. The van der Waals surface area contributed by atoms with E-state index in [2.05, 4.69) is 4.90 Å². The quantitative estimate of drug-likeness (QED) is 0.787. The van der Waals surface area contributed by atoms with Crippen LogP contribution in [0.25, 0.3) is 0 Å². The molecule has 8 heteroatoms. The summed E-state index contributed by atoms with van der Waals surface area (Å²) in [7, 11) is 0. The van der Waals surface area contributed by atoms with Gasteiger partial charge in [0.15, 0.2) is 11.5 Å². The number of hydrogen-bond donors (Lipinski definition) is 0. The molecule has 5 heterocycles. The van der Waals surface area contributed by atoms with Crippen LogP contribution in [-0.2, 0) is 4.79 Å². The summed E-state index contributed by atoms with van der Waals surface area (Å²) >= 11 is 0. The second-order valence-electron chi connectivity index (χ2n) is 8.24. The lowest BCUT2D eigenvalue weighted by molar-refractivity contribution is -0.151. The number of benzene rings is 1. The number of halogens is 3. The van der Waals surface area contributed by atoms with E-state index in [4.69, 9.17) is 9.47 Å². The van der Waals surface area contributed by atoms with Gasteiger partial charge >= 0.3 is 6.18 Å². The fourth-order valence-electron chi connectivity index (χ4n) is 5.53. The van der Waals surface area contributed by atoms with Crippen LogP contribution in [0, 0.1) is 5.92 Å². The number of alkyl halides is 3. The molecule has 5 aliphatic heterocycles. The minimum atomic E-state index is -4.30. The molecule has 5 nitrogen and oxygen atoms in total. The molecule has 0 aromatic heterocycles. The van der Waals surface area contributed by atoms with Crippen molar-refractivity contribution in [3.05, 3.63) is 23.8 Å². The molecule has 28 heavy (non-hydrogen) atoms. The molecule has 3 atom stereocenters. The average Bonchev–Trinajstić information content (AvgIpc) is 3.31. The first-order valence-corrected chi connectivity index (χ1v) is 9.90. The molecule has 5 aliphatic rings. The number of rotatable bonds is 3. The molecule has 1 aromatic rings. The number of carbonyl (C=O) groups excluding carboxylic acids is 1. The number of fused-ring (bicyclic) bond motifs is 3. The van der Waals surface area contributed by atoms with Crippen LogP contribution in [0.3, 0.4) is 0 Å². The normalized spacial score (nSPS) is 33.2. The predicted molar refractivity (Wildman–Crippen MR) is 94.2 cm³/mol. The van der Waals surface area contributed by atoms with Gasteiger partial charge in [-0.3, -0.25) is 9.69 Å². The maximum Gasteiger partial charge on any atom is 0.389 e. The van der Waals surface area contributed by atoms with Gasteiger partial charge in [-0.2, -0.15) is 13.2 Å². The van der Waals surface area contributed by atoms with Gasteiger partial charge in [0, 0.05) is 24.9 Å². The SMILES string of the molecule is O=C(CCC(F)(F)F)N1C[C@H](c2ccc3c(c2)OCO3)[C@H]2[C@@H]1C1CCN2CC1. The van der Waals surface area contributed by atoms with Gasteiger partial charge in [0.2, 0.25) is 12.7 Å². The van der Waals surface area contributed by atoms with Crippen molar-refractivity contribution in [1.29, 1.82) is 0 Å². The Kier molecular flexibility index (Phi) is 4.23. The van der Waals surface area contributed by atoms with E-state index in [0.717, 1.165) is 31.5 Å². The van der Waals surface area contributed by atoms with E-state index >= 15 is 0 Å². The maximum absolute atomic E-state index is 12.8. The number of piperidine rings is 3. The topological polar surface area (TPSA) is 42.0 Å². The first kappa shape index (κ1) is 18.1. The molecule has 0 spiro atoms. The van der Waals surface area contributed by atoms with Crippen molar-refractivity contribution in [2.24, 2.45) is 5.92 Å². The van der Waals surface area contributed by atoms with Crippen LogP contribution in [0.15, 0.2) is 18.2 Å². The Labute approximate surface area is 161 Å². The number of likely N-dealkylation sites (tertiary alicyclic amines) is 1. The summed E-state index contributed by atoms with van der Waals surface area (Å²) in [5.74, 6) is 1.50. The van der Waals surface area contributed by atoms with E-state index in [1.807, 2.05) is 18.2 Å². The van der Waals surface area contributed by atoms with Gasteiger partial charge in [-0.15, -0.1) is 0 Å². The molecule has 0 aliphatic carbocycles. The van der Waals surface area contributed by atoms with Crippen molar-refractivity contribution < 1.29 is 27.4 Å². The summed E-state index contributed by atoms with van der Waals surface area (Å²) in [6, 6.07) is 6.04. The number of amides is 1. The van der Waals surface area contributed by atoms with E-state index in [1.54, 1.807) is 4.90 Å². The number of hydrogen-bond acceptors (Lipinski definition) is 4. The first-order chi connectivity index (χ1) is 13.4. The zero-order chi connectivity index (χ0) is 19.5. The van der Waals surface area contributed by atoms with Crippen molar-refractivity contribution in [3.8, 4) is 11.5 Å². The average molecular weight is 396 g/mol. The molecule has 1 amide bonds. The van der Waals surface area contributed by atoms with Crippen LogP contribution in [0.5, 0.6) is 11.5 Å². The standard InChI is InChI=1S/C20H23F3N2O3/c21-20(22,23)6-3-17(26)25-10-14(13-1-2-15-16(9-13)28-11-27-15)19-18(25)12-4-7-24(19)8-5-12/h1-2,9,12,14,18-19H,3-8,10-11H2/t14-,18+,19+/m1/s1. The van der Waals surface area contributed by atoms with E-state index in [-0.39, 0.29) is 30.7 Å². The fraction of sp³-hybridized carbons (Fsp3) is 0.650. The third-order valence-corrected chi connectivity index (χ3v) is 6.76. The summed E-state index contributed by atoms with van der Waals surface area (Å²) in [5, 5.41) is 0. The zero-order valence-electron chi connectivity index (χ0n) is 15.5. The minimum absolute atomic E-state index is 0.0126. The maximum atomic E-state index is 12.8. The van der Waals surface area contributed by atoms with Crippen LogP contribution in [-0.4, -0.2) is 60.4 Å². The Morgan fingerprint density at radius 1 is 1.11 bits per heavy atom. The molecule has 4 saturated heterocycles. The van der Waals surface area contributed by atoms with Crippen LogP contribution < -0.4 is 9.47 Å². The van der Waals surface area contributed by atoms with E-state index < -0.39 is 19.0 Å². The van der Waals surface area contributed by atoms with Gasteiger partial charge < -0.3 is 14.4 Å². The van der Waals surface area contributed by atoms with Crippen molar-refractivity contribution in [1.82, 2.24) is 9.80 Å². The van der Waals surface area contributed by atoms with Gasteiger partial charge in [-0.25, -0.2) is 0 Å². The van der Waals surface area contributed by atoms with E-state index in [9.17, 15) is 18.0 Å². The summed E-state index contributed by atoms with van der Waals surface area (Å²) in [6.45, 7) is 2.67. The third kappa shape index (κ3) is 3.02. The molecule has 1 aromatic carbocycles. The van der Waals surface area contributed by atoms with Crippen molar-refractivity contribution in [3.63, 3.8) is 0 Å². The molecule has 0 radical (unpaired) electrons. The molecule has 4 fully saturated rings. The van der Waals surface area contributed by atoms with Crippen molar-refractivity contribution in [2.45, 2.75) is 49.9 Å². The summed E-state index contributed by atoms with van der Waals surface area (Å²) < 4.78 is 48.8. The molecule has 152 valence electrons. The molecular weight excluding hydrogens is 373 g/mol. The minimum Gasteiger partial charge on any atom is -0.454 e. The molecular formula is C20H23F3N2O3. The summed E-state index contributed by atoms with van der Waals surface area (Å²) in [5.41, 5.74) is 1.07. The molecule has 0 unspecified atom stereocenters. The summed E-state index contributed by atoms with van der Waals surface area (Å²) in [4.78, 5) is 16.9. The Hall–Kier alpha value is -1.96. The second kappa shape index (κ2) is 6.54. The lowest BCUT2D eigenvalue weighted by Crippen LogP contribution is -2.60. The zero-order valence-corrected chi connectivity index (χ0v) is 15.5. The Bertz CT molecular complexity index is 776. The van der Waals surface area contributed by atoms with Gasteiger partial charge in [0.1, 0.15) is 0 Å². The highest BCUT2D eigenvalue weighted by molar-refractivity contribution is 5.77. The van der Waals surface area contributed by atoms with Gasteiger partial charge in [-0.05, 0) is 49.5 Å². The summed E-state index contributed by atoms with van der Waals surface area (Å²) in [6.07, 6.45) is -3.80. The van der Waals surface area contributed by atoms with Crippen molar-refractivity contribution >= 4 is 5.91 Å². The third-order valence-electron chi connectivity index (χ3n) is 6.76. The van der Waals surface area contributed by atoms with E-state index in [0.29, 0.717) is 24.0 Å². The van der Waals surface area contributed by atoms with Crippen LogP contribution in [0.4, 0.5) is 13.2 Å². The predicted octanol–water partition coefficient (Wildman–Crippen LogP) is 3.15. The van der Waals surface area contributed by atoms with Gasteiger partial charge in [0.25, 0.3) is 0 Å². The Balaban J connectivity index is 1.43. The van der Waals surface area contributed by atoms with Crippen LogP contribution in [0.1, 0.15) is 37.2 Å². The van der Waals surface area contributed by atoms with Gasteiger partial charge in [-0.1, -0.05) is 6.07 Å². The fourth-order valence-corrected chi connectivity index (χ4v) is 5.53. The van der Waals surface area contributed by atoms with E-state index in [1.165, 1.54) is 0 Å². The highest BCUT2D eigenvalue weighted by atomic mass is 19.4. The highest BCUT2D eigenvalue weighted by Crippen LogP contribution is 2.48. The Morgan fingerprint density at radius 3 is 2.61 bits per heavy atom. The number of nitrogens with zero attached hydrogens (tertiary/aromatic N) is 2. The van der Waals surface area contributed by atoms with Gasteiger partial charge in [0.05, 0.1) is 12.5 Å². The van der Waals surface area contributed by atoms with Crippen LogP contribution in [0.2, 0.25) is 0 Å². The van der Waals surface area contributed by atoms with Crippen molar-refractivity contribution in [2.75, 3.05) is 26.4 Å².